The van der Waals surface area contributed by atoms with Crippen molar-refractivity contribution in [3.8, 4) is 5.75 Å². The van der Waals surface area contributed by atoms with E-state index in [1.165, 1.54) is 0 Å². The Bertz CT molecular complexity index is 555. The monoisotopic (exact) mass is 382 g/mol. The van der Waals surface area contributed by atoms with Gasteiger partial charge in [-0.25, -0.2) is 0 Å². The number of carbonyl (C=O) groups is 2. The van der Waals surface area contributed by atoms with Crippen LogP contribution in [0.5, 0.6) is 5.75 Å². The maximum Gasteiger partial charge on any atom is 0.223 e. The molecule has 1 aliphatic rings. The summed E-state index contributed by atoms with van der Waals surface area (Å²) < 4.78 is 5.52. The van der Waals surface area contributed by atoms with Crippen LogP contribution in [0, 0.1) is 5.92 Å². The van der Waals surface area contributed by atoms with Crippen molar-refractivity contribution >= 4 is 24.1 Å². The molecule has 6 heteroatoms. The van der Waals surface area contributed by atoms with E-state index in [-0.39, 0.29) is 30.5 Å². The Morgan fingerprint density at radius 1 is 1.15 bits per heavy atom. The summed E-state index contributed by atoms with van der Waals surface area (Å²) in [6.07, 6.45) is 3.60. The highest BCUT2D eigenvalue weighted by Crippen LogP contribution is 2.18. The van der Waals surface area contributed by atoms with Crippen LogP contribution >= 0.6 is 12.4 Å². The molecular formula is C20H31ClN2O3. The van der Waals surface area contributed by atoms with Gasteiger partial charge in [-0.2, -0.15) is 0 Å². The molecule has 1 fully saturated rings. The maximum atomic E-state index is 12.3. The van der Waals surface area contributed by atoms with E-state index in [2.05, 4.69) is 12.2 Å². The number of likely N-dealkylation sites (tertiary alicyclic amines) is 1. The predicted octanol–water partition coefficient (Wildman–Crippen LogP) is 3.32. The highest BCUT2D eigenvalue weighted by atomic mass is 35.5. The van der Waals surface area contributed by atoms with Crippen molar-refractivity contribution in [3.63, 3.8) is 0 Å². The molecule has 0 bridgehead atoms. The molecule has 2 rings (SSSR count). The van der Waals surface area contributed by atoms with Gasteiger partial charge in [-0.05, 0) is 63.0 Å². The Kier molecular flexibility index (Phi) is 10.3. The first kappa shape index (κ1) is 22.5. The van der Waals surface area contributed by atoms with Crippen molar-refractivity contribution in [2.45, 2.75) is 39.0 Å². The fourth-order valence-corrected chi connectivity index (χ4v) is 3.16. The number of amides is 1. The van der Waals surface area contributed by atoms with Crippen LogP contribution in [0.4, 0.5) is 0 Å². The minimum Gasteiger partial charge on any atom is -0.494 e. The van der Waals surface area contributed by atoms with Crippen molar-refractivity contribution < 1.29 is 14.3 Å². The minimum atomic E-state index is 0. The van der Waals surface area contributed by atoms with E-state index in [1.54, 1.807) is 12.1 Å². The van der Waals surface area contributed by atoms with Gasteiger partial charge in [-0.3, -0.25) is 9.59 Å². The van der Waals surface area contributed by atoms with Crippen molar-refractivity contribution in [2.75, 3.05) is 33.3 Å². The van der Waals surface area contributed by atoms with Crippen LogP contribution < -0.4 is 10.1 Å². The quantitative estimate of drug-likeness (QED) is 0.665. The summed E-state index contributed by atoms with van der Waals surface area (Å²) in [5.41, 5.74) is 0.643. The molecule has 0 aromatic heterocycles. The second-order valence-electron chi connectivity index (χ2n) is 6.68. The average Bonchev–Trinajstić information content (AvgIpc) is 2.65. The molecule has 146 valence electrons. The fourth-order valence-electron chi connectivity index (χ4n) is 3.16. The van der Waals surface area contributed by atoms with Gasteiger partial charge in [0, 0.05) is 31.5 Å². The van der Waals surface area contributed by atoms with Crippen LogP contribution in [0.3, 0.4) is 0 Å². The van der Waals surface area contributed by atoms with Gasteiger partial charge < -0.3 is 15.0 Å². The lowest BCUT2D eigenvalue weighted by atomic mass is 9.96. The molecule has 1 aromatic rings. The third-order valence-electron chi connectivity index (χ3n) is 4.68. The van der Waals surface area contributed by atoms with E-state index in [9.17, 15) is 9.59 Å². The van der Waals surface area contributed by atoms with Gasteiger partial charge in [0.25, 0.3) is 0 Å². The van der Waals surface area contributed by atoms with Crippen LogP contribution in [-0.2, 0) is 4.79 Å². The van der Waals surface area contributed by atoms with Crippen molar-refractivity contribution in [3.05, 3.63) is 29.8 Å². The van der Waals surface area contributed by atoms with E-state index in [0.29, 0.717) is 24.5 Å². The van der Waals surface area contributed by atoms with Crippen molar-refractivity contribution in [1.82, 2.24) is 10.2 Å². The summed E-state index contributed by atoms with van der Waals surface area (Å²) >= 11 is 0. The molecule has 0 spiro atoms. The molecule has 0 radical (unpaired) electrons. The van der Waals surface area contributed by atoms with Crippen molar-refractivity contribution in [1.29, 1.82) is 0 Å². The highest BCUT2D eigenvalue weighted by Gasteiger charge is 2.22. The van der Waals surface area contributed by atoms with Gasteiger partial charge in [0.1, 0.15) is 5.75 Å². The molecule has 1 amide bonds. The first-order valence-corrected chi connectivity index (χ1v) is 9.32. The molecule has 1 aromatic carbocycles. The summed E-state index contributed by atoms with van der Waals surface area (Å²) in [6.45, 7) is 5.36. The number of Topliss-reactive ketones (excluding diaryl/α,β-unsaturated/α-hetero) is 1. The molecule has 0 unspecified atom stereocenters. The zero-order valence-electron chi connectivity index (χ0n) is 15.8. The summed E-state index contributed by atoms with van der Waals surface area (Å²) in [4.78, 5) is 26.5. The highest BCUT2D eigenvalue weighted by molar-refractivity contribution is 5.98. The van der Waals surface area contributed by atoms with Crippen molar-refractivity contribution in [2.24, 2.45) is 5.92 Å². The number of carbonyl (C=O) groups excluding carboxylic acids is 2. The topological polar surface area (TPSA) is 58.6 Å². The second kappa shape index (κ2) is 11.9. The largest absolute Gasteiger partial charge is 0.494 e. The number of ketones is 1. The van der Waals surface area contributed by atoms with E-state index in [1.807, 2.05) is 24.1 Å². The number of hydrogen-bond acceptors (Lipinski definition) is 4. The van der Waals surface area contributed by atoms with Crippen LogP contribution in [0.15, 0.2) is 24.3 Å². The minimum absolute atomic E-state index is 0. The first-order valence-electron chi connectivity index (χ1n) is 9.32. The lowest BCUT2D eigenvalue weighted by Crippen LogP contribution is -2.40. The molecule has 1 aliphatic heterocycles. The first-order chi connectivity index (χ1) is 12.1. The molecule has 26 heavy (non-hydrogen) atoms. The molecule has 5 nitrogen and oxygen atoms in total. The number of piperidine rings is 1. The molecule has 1 N–H and O–H groups in total. The van der Waals surface area contributed by atoms with Gasteiger partial charge in [-0.1, -0.05) is 6.92 Å². The fraction of sp³-hybridized carbons (Fsp3) is 0.600. The van der Waals surface area contributed by atoms with Crippen LogP contribution in [0.25, 0.3) is 0 Å². The van der Waals surface area contributed by atoms with Gasteiger partial charge in [0.2, 0.25) is 5.91 Å². The third-order valence-corrected chi connectivity index (χ3v) is 4.68. The predicted molar refractivity (Wildman–Crippen MR) is 106 cm³/mol. The summed E-state index contributed by atoms with van der Waals surface area (Å²) in [5.74, 6) is 1.54. The maximum absolute atomic E-state index is 12.3. The molecule has 0 saturated carbocycles. The lowest BCUT2D eigenvalue weighted by molar-refractivity contribution is -0.132. The van der Waals surface area contributed by atoms with Gasteiger partial charge in [0.05, 0.1) is 6.61 Å². The van der Waals surface area contributed by atoms with Crippen LogP contribution in [-0.4, -0.2) is 49.9 Å². The van der Waals surface area contributed by atoms with Gasteiger partial charge in [0.15, 0.2) is 5.78 Å². The summed E-state index contributed by atoms with van der Waals surface area (Å²) in [7, 11) is 1.96. The number of rotatable bonds is 9. The van der Waals surface area contributed by atoms with E-state index >= 15 is 0 Å². The molecule has 0 atom stereocenters. The zero-order chi connectivity index (χ0) is 18.1. The van der Waals surface area contributed by atoms with E-state index < -0.39 is 0 Å². The number of benzene rings is 1. The molecule has 1 heterocycles. The van der Waals surface area contributed by atoms with Crippen LogP contribution in [0.1, 0.15) is 49.4 Å². The Morgan fingerprint density at radius 2 is 1.81 bits per heavy atom. The van der Waals surface area contributed by atoms with Gasteiger partial charge in [-0.15, -0.1) is 12.4 Å². The normalized spacial score (nSPS) is 14.6. The Balaban J connectivity index is 0.00000338. The number of nitrogens with one attached hydrogen (secondary N) is 1. The Labute approximate surface area is 162 Å². The van der Waals surface area contributed by atoms with E-state index in [4.69, 9.17) is 4.74 Å². The third kappa shape index (κ3) is 6.96. The Morgan fingerprint density at radius 3 is 2.38 bits per heavy atom. The van der Waals surface area contributed by atoms with Crippen LogP contribution in [0.2, 0.25) is 0 Å². The number of ether oxygens (including phenoxy) is 1. The number of halogens is 1. The SMILES string of the molecule is CCCOc1ccc(C(=O)CCC(=O)N2CCC(CNC)CC2)cc1.Cl. The second-order valence-corrected chi connectivity index (χ2v) is 6.68. The molecule has 0 aliphatic carbocycles. The summed E-state index contributed by atoms with van der Waals surface area (Å²) in [6, 6.07) is 7.19. The lowest BCUT2D eigenvalue weighted by Gasteiger charge is -2.32. The molecule has 1 saturated heterocycles. The van der Waals surface area contributed by atoms with Gasteiger partial charge >= 0.3 is 0 Å². The number of hydrogen-bond donors (Lipinski definition) is 1. The zero-order valence-corrected chi connectivity index (χ0v) is 16.6. The number of nitrogens with zero attached hydrogens (tertiary/aromatic N) is 1. The Hall–Kier alpha value is -1.59. The smallest absolute Gasteiger partial charge is 0.223 e. The van der Waals surface area contributed by atoms with E-state index in [0.717, 1.165) is 44.6 Å². The summed E-state index contributed by atoms with van der Waals surface area (Å²) in [5, 5.41) is 3.20. The standard InChI is InChI=1S/C20H30N2O3.ClH/c1-3-14-25-18-6-4-17(5-7-18)19(23)8-9-20(24)22-12-10-16(11-13-22)15-21-2;/h4-7,16,21H,3,8-15H2,1-2H3;1H. The molecular weight excluding hydrogens is 352 g/mol. The average molecular weight is 383 g/mol.